The molecule has 0 radical (unpaired) electrons. The van der Waals surface area contributed by atoms with Crippen LogP contribution in [0.15, 0.2) is 60.8 Å². The topological polar surface area (TPSA) is 46.8 Å². The van der Waals surface area contributed by atoms with Crippen molar-refractivity contribution in [3.63, 3.8) is 0 Å². The molecule has 31 heavy (non-hydrogen) atoms. The number of benzene rings is 2. The molecule has 3 heterocycles. The fourth-order valence-electron chi connectivity index (χ4n) is 4.33. The van der Waals surface area contributed by atoms with Gasteiger partial charge < -0.3 is 9.64 Å². The summed E-state index contributed by atoms with van der Waals surface area (Å²) in [6, 6.07) is 18.3. The van der Waals surface area contributed by atoms with Crippen LogP contribution in [-0.2, 0) is 13.2 Å². The van der Waals surface area contributed by atoms with Crippen molar-refractivity contribution in [1.29, 1.82) is 0 Å². The van der Waals surface area contributed by atoms with Crippen LogP contribution in [0, 0.1) is 13.8 Å². The van der Waals surface area contributed by atoms with Gasteiger partial charge in [-0.1, -0.05) is 30.3 Å². The minimum Gasteiger partial charge on any atom is -0.485 e. The van der Waals surface area contributed by atoms with Gasteiger partial charge in [-0.15, -0.1) is 0 Å². The Hall–Kier alpha value is -3.60. The molecule has 156 valence electrons. The summed E-state index contributed by atoms with van der Waals surface area (Å²) in [4.78, 5) is 19.1. The van der Waals surface area contributed by atoms with Crippen LogP contribution in [0.5, 0.6) is 5.75 Å². The first-order chi connectivity index (χ1) is 15.1. The maximum absolute atomic E-state index is 12.5. The van der Waals surface area contributed by atoms with Crippen molar-refractivity contribution < 1.29 is 9.53 Å². The maximum Gasteiger partial charge on any atom is 0.254 e. The summed E-state index contributed by atoms with van der Waals surface area (Å²) in [6.45, 7) is 8.01. The van der Waals surface area contributed by atoms with Crippen LogP contribution in [0.2, 0.25) is 0 Å². The zero-order valence-corrected chi connectivity index (χ0v) is 18.1. The van der Waals surface area contributed by atoms with E-state index in [1.807, 2.05) is 61.3 Å². The summed E-state index contributed by atoms with van der Waals surface area (Å²) in [5, 5.41) is 0. The zero-order chi connectivity index (χ0) is 21.5. The van der Waals surface area contributed by atoms with Crippen LogP contribution in [0.1, 0.15) is 39.7 Å². The van der Waals surface area contributed by atoms with Gasteiger partial charge in [-0.05, 0) is 61.7 Å². The predicted octanol–water partition coefficient (Wildman–Crippen LogP) is 5.17. The van der Waals surface area contributed by atoms with Crippen LogP contribution in [0.4, 0.5) is 0 Å². The number of ether oxygens (including phenoxy) is 1. The Bertz CT molecular complexity index is 1310. The third-order valence-electron chi connectivity index (χ3n) is 6.07. The van der Waals surface area contributed by atoms with Gasteiger partial charge in [0, 0.05) is 30.4 Å². The normalized spacial score (nSPS) is 13.1. The van der Waals surface area contributed by atoms with Gasteiger partial charge in [0.05, 0.1) is 11.4 Å². The van der Waals surface area contributed by atoms with E-state index in [1.54, 1.807) is 0 Å². The highest BCUT2D eigenvalue weighted by Gasteiger charge is 2.27. The molecule has 0 saturated heterocycles. The fourth-order valence-corrected chi connectivity index (χ4v) is 4.33. The third-order valence-corrected chi connectivity index (χ3v) is 6.07. The van der Waals surface area contributed by atoms with E-state index in [0.29, 0.717) is 13.2 Å². The van der Waals surface area contributed by atoms with Crippen LogP contribution in [0.3, 0.4) is 0 Å². The summed E-state index contributed by atoms with van der Waals surface area (Å²) < 4.78 is 8.25. The molecule has 2 aromatic heterocycles. The number of aryl methyl sites for hydroxylation is 2. The minimum absolute atomic E-state index is 0.116. The van der Waals surface area contributed by atoms with Crippen LogP contribution >= 0.6 is 0 Å². The molecule has 1 aliphatic heterocycles. The van der Waals surface area contributed by atoms with E-state index in [0.717, 1.165) is 51.6 Å². The lowest BCUT2D eigenvalue weighted by Gasteiger charge is -2.11. The number of nitrogens with zero attached hydrogens (tertiary/aromatic N) is 3. The number of aromatic nitrogens is 2. The average Bonchev–Trinajstić information content (AvgIpc) is 3.28. The van der Waals surface area contributed by atoms with Crippen molar-refractivity contribution >= 4 is 11.6 Å². The summed E-state index contributed by atoms with van der Waals surface area (Å²) in [6.07, 6.45) is 2.02. The van der Waals surface area contributed by atoms with Gasteiger partial charge >= 0.3 is 0 Å². The Balaban J connectivity index is 1.52. The van der Waals surface area contributed by atoms with E-state index in [1.165, 1.54) is 5.56 Å². The molecule has 0 aliphatic carbocycles. The first kappa shape index (κ1) is 19.4. The minimum atomic E-state index is 0.116. The fraction of sp³-hybridized carbons (Fsp3) is 0.231. The second-order valence-corrected chi connectivity index (χ2v) is 8.02. The SMILES string of the molecule is CCN1Cc2cc(-c3c(C)nc4c(OCc5ccccc5C)cccn34)ccc2C1=O. The van der Waals surface area contributed by atoms with E-state index in [4.69, 9.17) is 9.72 Å². The Labute approximate surface area is 181 Å². The van der Waals surface area contributed by atoms with Gasteiger partial charge in [0.2, 0.25) is 0 Å². The number of carbonyl (C=O) groups excluding carboxylic acids is 1. The predicted molar refractivity (Wildman–Crippen MR) is 121 cm³/mol. The quantitative estimate of drug-likeness (QED) is 0.455. The molecule has 0 unspecified atom stereocenters. The number of imidazole rings is 1. The van der Waals surface area contributed by atoms with E-state index >= 15 is 0 Å². The van der Waals surface area contributed by atoms with Gasteiger partial charge in [-0.2, -0.15) is 0 Å². The van der Waals surface area contributed by atoms with Crippen molar-refractivity contribution in [1.82, 2.24) is 14.3 Å². The second kappa shape index (κ2) is 7.58. The molecule has 1 aliphatic rings. The number of hydrogen-bond acceptors (Lipinski definition) is 3. The molecule has 2 aromatic carbocycles. The molecule has 5 nitrogen and oxygen atoms in total. The molecular formula is C26H25N3O2. The largest absolute Gasteiger partial charge is 0.485 e. The molecule has 5 heteroatoms. The van der Waals surface area contributed by atoms with Crippen LogP contribution in [-0.4, -0.2) is 26.7 Å². The van der Waals surface area contributed by atoms with Crippen LogP contribution in [0.25, 0.3) is 16.9 Å². The smallest absolute Gasteiger partial charge is 0.254 e. The van der Waals surface area contributed by atoms with Crippen molar-refractivity contribution in [2.45, 2.75) is 33.9 Å². The lowest BCUT2D eigenvalue weighted by Crippen LogP contribution is -2.22. The standard InChI is InChI=1S/C26H25N3O2/c1-4-28-15-21-14-19(11-12-22(21)26(28)30)24-18(3)27-25-23(10-7-13-29(24)25)31-16-20-9-6-5-8-17(20)2/h5-14H,4,15-16H2,1-3H3. The summed E-state index contributed by atoms with van der Waals surface area (Å²) in [5.41, 5.74) is 8.08. The monoisotopic (exact) mass is 411 g/mol. The number of hydrogen-bond donors (Lipinski definition) is 0. The van der Waals surface area contributed by atoms with E-state index in [9.17, 15) is 4.79 Å². The molecular weight excluding hydrogens is 386 g/mol. The van der Waals surface area contributed by atoms with Gasteiger partial charge in [0.1, 0.15) is 6.61 Å². The number of rotatable bonds is 5. The summed E-state index contributed by atoms with van der Waals surface area (Å²) in [5.74, 6) is 0.874. The molecule has 5 rings (SSSR count). The van der Waals surface area contributed by atoms with E-state index in [2.05, 4.69) is 29.5 Å². The second-order valence-electron chi connectivity index (χ2n) is 8.02. The molecule has 0 spiro atoms. The summed E-state index contributed by atoms with van der Waals surface area (Å²) in [7, 11) is 0. The van der Waals surface area contributed by atoms with Crippen LogP contribution < -0.4 is 4.74 Å². The van der Waals surface area contributed by atoms with Crippen molar-refractivity contribution in [2.75, 3.05) is 6.54 Å². The zero-order valence-electron chi connectivity index (χ0n) is 18.1. The maximum atomic E-state index is 12.5. The van der Waals surface area contributed by atoms with Gasteiger partial charge in [0.25, 0.3) is 5.91 Å². The Morgan fingerprint density at radius 1 is 1.06 bits per heavy atom. The van der Waals surface area contributed by atoms with E-state index in [-0.39, 0.29) is 5.91 Å². The highest BCUT2D eigenvalue weighted by atomic mass is 16.5. The van der Waals surface area contributed by atoms with Crippen molar-refractivity contribution in [3.05, 3.63) is 88.7 Å². The van der Waals surface area contributed by atoms with E-state index < -0.39 is 0 Å². The molecule has 1 amide bonds. The molecule has 0 fully saturated rings. The molecule has 0 bridgehead atoms. The molecule has 0 N–H and O–H groups in total. The van der Waals surface area contributed by atoms with Gasteiger partial charge in [0.15, 0.2) is 11.4 Å². The number of amides is 1. The van der Waals surface area contributed by atoms with Gasteiger partial charge in [-0.25, -0.2) is 4.98 Å². The summed E-state index contributed by atoms with van der Waals surface area (Å²) >= 11 is 0. The highest BCUT2D eigenvalue weighted by Crippen LogP contribution is 2.33. The first-order valence-corrected chi connectivity index (χ1v) is 10.6. The van der Waals surface area contributed by atoms with Crippen molar-refractivity contribution in [3.8, 4) is 17.0 Å². The van der Waals surface area contributed by atoms with Crippen molar-refractivity contribution in [2.24, 2.45) is 0 Å². The highest BCUT2D eigenvalue weighted by molar-refractivity contribution is 5.99. The number of pyridine rings is 1. The number of carbonyl (C=O) groups is 1. The lowest BCUT2D eigenvalue weighted by molar-refractivity contribution is 0.0787. The number of fused-ring (bicyclic) bond motifs is 2. The Morgan fingerprint density at radius 2 is 1.90 bits per heavy atom. The average molecular weight is 412 g/mol. The molecule has 0 saturated carbocycles. The van der Waals surface area contributed by atoms with Gasteiger partial charge in [-0.3, -0.25) is 9.20 Å². The third kappa shape index (κ3) is 3.26. The molecule has 4 aromatic rings. The lowest BCUT2D eigenvalue weighted by atomic mass is 10.0. The Kier molecular flexibility index (Phi) is 4.74. The Morgan fingerprint density at radius 3 is 2.71 bits per heavy atom. The first-order valence-electron chi connectivity index (χ1n) is 10.6. The molecule has 0 atom stereocenters.